The number of hydrogen-bond acceptors (Lipinski definition) is 3. The second-order valence-electron chi connectivity index (χ2n) is 3.41. The first-order valence-corrected chi connectivity index (χ1v) is 5.00. The molecular formula is C13H13FNO2-. The van der Waals surface area contributed by atoms with E-state index in [4.69, 9.17) is 10.5 Å². The molecule has 0 fully saturated rings. The average Bonchev–Trinajstić information content (AvgIpc) is 2.29. The highest BCUT2D eigenvalue weighted by atomic mass is 19.1. The number of ether oxygens (including phenoxy) is 1. The molecule has 0 aromatic heterocycles. The minimum atomic E-state index is -0.313. The summed E-state index contributed by atoms with van der Waals surface area (Å²) in [6.45, 7) is 0.459. The van der Waals surface area contributed by atoms with Gasteiger partial charge in [-0.15, -0.1) is 0 Å². The fraction of sp³-hybridized carbons (Fsp3) is 0.0769. The van der Waals surface area contributed by atoms with Gasteiger partial charge in [0.05, 0.1) is 0 Å². The van der Waals surface area contributed by atoms with E-state index >= 15 is 0 Å². The lowest BCUT2D eigenvalue weighted by atomic mass is 10.2. The zero-order valence-corrected chi connectivity index (χ0v) is 9.14. The first-order chi connectivity index (χ1) is 7.78. The van der Waals surface area contributed by atoms with Crippen molar-refractivity contribution in [2.45, 2.75) is 6.54 Å². The zero-order valence-electron chi connectivity index (χ0n) is 9.14. The van der Waals surface area contributed by atoms with Gasteiger partial charge in [-0.2, -0.15) is 0 Å². The van der Waals surface area contributed by atoms with Gasteiger partial charge < -0.3 is 15.9 Å². The third-order valence-corrected chi connectivity index (χ3v) is 2.17. The van der Waals surface area contributed by atoms with Gasteiger partial charge in [-0.1, -0.05) is 18.2 Å². The van der Waals surface area contributed by atoms with Gasteiger partial charge in [0, 0.05) is 12.6 Å². The molecule has 0 aliphatic heterocycles. The van der Waals surface area contributed by atoms with Gasteiger partial charge in [0.25, 0.3) is 0 Å². The number of hydrogen-bond donors (Lipinski definition) is 1. The maximum Gasteiger partial charge on any atom is 0.130 e. The monoisotopic (exact) mass is 234 g/mol. The van der Waals surface area contributed by atoms with Crippen LogP contribution in [-0.4, -0.2) is 5.48 Å². The molecule has 0 saturated carbocycles. The summed E-state index contributed by atoms with van der Waals surface area (Å²) in [5.41, 5.74) is 6.50. The molecule has 3 N–H and O–H groups in total. The summed E-state index contributed by atoms with van der Waals surface area (Å²) in [5.74, 6) is 0.829. The number of rotatable bonds is 3. The van der Waals surface area contributed by atoms with Crippen molar-refractivity contribution in [1.29, 1.82) is 0 Å². The Morgan fingerprint density at radius 2 is 1.65 bits per heavy atom. The van der Waals surface area contributed by atoms with E-state index in [1.54, 1.807) is 12.1 Å². The van der Waals surface area contributed by atoms with Gasteiger partial charge in [-0.25, -0.2) is 4.39 Å². The van der Waals surface area contributed by atoms with E-state index in [0.717, 1.165) is 5.56 Å². The van der Waals surface area contributed by atoms with Gasteiger partial charge >= 0.3 is 0 Å². The van der Waals surface area contributed by atoms with Gasteiger partial charge in [-0.05, 0) is 29.8 Å². The Kier molecular flexibility index (Phi) is 4.63. The van der Waals surface area contributed by atoms with Crippen molar-refractivity contribution < 1.29 is 14.6 Å². The minimum absolute atomic E-state index is 0. The van der Waals surface area contributed by atoms with Crippen LogP contribution in [0.3, 0.4) is 0 Å². The van der Waals surface area contributed by atoms with E-state index in [-0.39, 0.29) is 11.3 Å². The maximum atomic E-state index is 12.9. The molecular weight excluding hydrogens is 221 g/mol. The molecule has 0 amide bonds. The van der Waals surface area contributed by atoms with Crippen LogP contribution in [0.25, 0.3) is 0 Å². The fourth-order valence-electron chi connectivity index (χ4n) is 1.40. The van der Waals surface area contributed by atoms with Crippen LogP contribution in [0.1, 0.15) is 5.56 Å². The van der Waals surface area contributed by atoms with Crippen molar-refractivity contribution in [3.05, 3.63) is 59.9 Å². The maximum absolute atomic E-state index is 12.9. The van der Waals surface area contributed by atoms with Gasteiger partial charge in [0.15, 0.2) is 0 Å². The summed E-state index contributed by atoms with van der Waals surface area (Å²) in [6, 6.07) is 13.5. The predicted octanol–water partition coefficient (Wildman–Crippen LogP) is 2.90. The first kappa shape index (κ1) is 13.2. The van der Waals surface area contributed by atoms with Crippen molar-refractivity contribution in [3.63, 3.8) is 0 Å². The molecule has 0 unspecified atom stereocenters. The van der Waals surface area contributed by atoms with Crippen molar-refractivity contribution in [3.8, 4) is 11.5 Å². The Balaban J connectivity index is 0.00000144. The van der Waals surface area contributed by atoms with Crippen LogP contribution in [0.5, 0.6) is 11.5 Å². The highest BCUT2D eigenvalue weighted by Crippen LogP contribution is 2.22. The van der Waals surface area contributed by atoms with E-state index in [2.05, 4.69) is 0 Å². The molecule has 2 rings (SSSR count). The second-order valence-corrected chi connectivity index (χ2v) is 3.41. The Hall–Kier alpha value is -1.91. The molecule has 0 atom stereocenters. The standard InChI is InChI=1S/C13H12FNO.H2O/c14-11-4-2-6-13(8-11)16-12-5-1-3-10(7-12)9-15;/h1-8H,9,15H2;1H2/p-1. The van der Waals surface area contributed by atoms with Crippen LogP contribution in [-0.2, 0) is 6.54 Å². The van der Waals surface area contributed by atoms with E-state index in [1.807, 2.05) is 24.3 Å². The van der Waals surface area contributed by atoms with Crippen LogP contribution in [0, 0.1) is 5.82 Å². The van der Waals surface area contributed by atoms with Crippen LogP contribution in [0.15, 0.2) is 48.5 Å². The normalized spacial score (nSPS) is 9.53. The molecule has 2 aromatic carbocycles. The molecule has 90 valence electrons. The summed E-state index contributed by atoms with van der Waals surface area (Å²) in [4.78, 5) is 0. The molecule has 4 heteroatoms. The minimum Gasteiger partial charge on any atom is -0.870 e. The topological polar surface area (TPSA) is 65.2 Å². The first-order valence-electron chi connectivity index (χ1n) is 5.00. The summed E-state index contributed by atoms with van der Waals surface area (Å²) in [7, 11) is 0. The summed E-state index contributed by atoms with van der Waals surface area (Å²) >= 11 is 0. The lowest BCUT2D eigenvalue weighted by Crippen LogP contribution is -1.96. The fourth-order valence-corrected chi connectivity index (χ4v) is 1.40. The van der Waals surface area contributed by atoms with Crippen LogP contribution in [0.4, 0.5) is 4.39 Å². The van der Waals surface area contributed by atoms with Gasteiger partial charge in [-0.3, -0.25) is 0 Å². The Labute approximate surface area is 99.0 Å². The highest BCUT2D eigenvalue weighted by Gasteiger charge is 1.99. The Morgan fingerprint density at radius 1 is 1.00 bits per heavy atom. The molecule has 0 heterocycles. The van der Waals surface area contributed by atoms with E-state index in [0.29, 0.717) is 18.0 Å². The van der Waals surface area contributed by atoms with Crippen molar-refractivity contribution in [1.82, 2.24) is 0 Å². The third kappa shape index (κ3) is 3.55. The number of benzene rings is 2. The molecule has 0 radical (unpaired) electrons. The molecule has 2 aromatic rings. The van der Waals surface area contributed by atoms with E-state index in [9.17, 15) is 4.39 Å². The molecule has 17 heavy (non-hydrogen) atoms. The molecule has 0 bridgehead atoms. The SMILES string of the molecule is NCc1cccc(Oc2cccc(F)c2)c1.[OH-]. The van der Waals surface area contributed by atoms with Gasteiger partial charge in [0.2, 0.25) is 0 Å². The second kappa shape index (κ2) is 5.98. The summed E-state index contributed by atoms with van der Waals surface area (Å²) < 4.78 is 18.4. The van der Waals surface area contributed by atoms with E-state index < -0.39 is 0 Å². The smallest absolute Gasteiger partial charge is 0.130 e. The Morgan fingerprint density at radius 3 is 2.29 bits per heavy atom. The zero-order chi connectivity index (χ0) is 11.4. The summed E-state index contributed by atoms with van der Waals surface area (Å²) in [6.07, 6.45) is 0. The molecule has 0 aliphatic rings. The van der Waals surface area contributed by atoms with Crippen LogP contribution in [0.2, 0.25) is 0 Å². The van der Waals surface area contributed by atoms with Gasteiger partial charge in [0.1, 0.15) is 17.3 Å². The summed E-state index contributed by atoms with van der Waals surface area (Å²) in [5, 5.41) is 0. The number of halogens is 1. The van der Waals surface area contributed by atoms with E-state index in [1.165, 1.54) is 12.1 Å². The van der Waals surface area contributed by atoms with Crippen LogP contribution < -0.4 is 10.5 Å². The van der Waals surface area contributed by atoms with Crippen molar-refractivity contribution >= 4 is 0 Å². The molecule has 3 nitrogen and oxygen atoms in total. The van der Waals surface area contributed by atoms with Crippen molar-refractivity contribution in [2.75, 3.05) is 0 Å². The quantitative estimate of drug-likeness (QED) is 0.887. The molecule has 0 saturated heterocycles. The number of nitrogens with two attached hydrogens (primary N) is 1. The lowest BCUT2D eigenvalue weighted by molar-refractivity contribution is 0.476. The third-order valence-electron chi connectivity index (χ3n) is 2.17. The Bertz CT molecular complexity index is 488. The van der Waals surface area contributed by atoms with Crippen molar-refractivity contribution in [2.24, 2.45) is 5.73 Å². The van der Waals surface area contributed by atoms with Crippen LogP contribution >= 0.6 is 0 Å². The highest BCUT2D eigenvalue weighted by molar-refractivity contribution is 5.34. The molecule has 0 aliphatic carbocycles. The largest absolute Gasteiger partial charge is 0.870 e. The average molecular weight is 234 g/mol. The predicted molar refractivity (Wildman–Crippen MR) is 62.7 cm³/mol. The lowest BCUT2D eigenvalue weighted by Gasteiger charge is -2.06. The molecule has 0 spiro atoms.